The summed E-state index contributed by atoms with van der Waals surface area (Å²) in [5, 5.41) is 12.1. The molecule has 1 aromatic rings. The second-order valence-corrected chi connectivity index (χ2v) is 6.05. The normalized spacial score (nSPS) is 12.1. The largest absolute Gasteiger partial charge is 0.481 e. The molecular weight excluding hydrogens is 256 g/mol. The maximum Gasteiger partial charge on any atom is 0.311 e. The van der Waals surface area contributed by atoms with Gasteiger partial charge in [-0.3, -0.25) is 14.6 Å². The van der Waals surface area contributed by atoms with Gasteiger partial charge in [0.25, 0.3) is 0 Å². The molecule has 1 aromatic heterocycles. The number of aromatic nitrogens is 1. The molecule has 0 aliphatic rings. The van der Waals surface area contributed by atoms with Crippen LogP contribution in [-0.4, -0.2) is 27.5 Å². The molecule has 1 amide bonds. The van der Waals surface area contributed by atoms with E-state index in [4.69, 9.17) is 0 Å². The first-order valence-corrected chi connectivity index (χ1v) is 6.53. The Balaban J connectivity index is 2.81. The van der Waals surface area contributed by atoms with E-state index in [0.29, 0.717) is 5.69 Å². The van der Waals surface area contributed by atoms with Crippen molar-refractivity contribution in [1.82, 2.24) is 10.3 Å². The number of rotatable bonds is 5. The predicted molar refractivity (Wildman–Crippen MR) is 76.3 cm³/mol. The molecule has 5 heteroatoms. The number of carbonyl (C=O) groups is 2. The van der Waals surface area contributed by atoms with Crippen molar-refractivity contribution in [3.63, 3.8) is 0 Å². The summed E-state index contributed by atoms with van der Waals surface area (Å²) in [5.74, 6) is -1.18. The van der Waals surface area contributed by atoms with Gasteiger partial charge < -0.3 is 10.4 Å². The molecule has 0 saturated carbocycles. The Morgan fingerprint density at radius 2 is 1.90 bits per heavy atom. The first-order valence-electron chi connectivity index (χ1n) is 6.53. The van der Waals surface area contributed by atoms with Crippen LogP contribution in [0.15, 0.2) is 18.3 Å². The highest BCUT2D eigenvalue weighted by Crippen LogP contribution is 2.30. The summed E-state index contributed by atoms with van der Waals surface area (Å²) in [5.41, 5.74) is -0.285. The van der Waals surface area contributed by atoms with Crippen LogP contribution in [0.25, 0.3) is 0 Å². The SMILES string of the molecule is Cc1cccnc1CC(=O)NC(C)(C)C(C)(C)C(=O)O. The van der Waals surface area contributed by atoms with Gasteiger partial charge in [0.15, 0.2) is 0 Å². The molecule has 110 valence electrons. The van der Waals surface area contributed by atoms with Crippen LogP contribution in [0.4, 0.5) is 0 Å². The fraction of sp³-hybridized carbons (Fsp3) is 0.533. The molecule has 1 rings (SSSR count). The maximum absolute atomic E-state index is 12.1. The van der Waals surface area contributed by atoms with Crippen LogP contribution in [-0.2, 0) is 16.0 Å². The van der Waals surface area contributed by atoms with E-state index in [-0.39, 0.29) is 12.3 Å². The minimum Gasteiger partial charge on any atom is -0.481 e. The number of carboxylic acid groups (broad SMARTS) is 1. The van der Waals surface area contributed by atoms with Gasteiger partial charge in [0.2, 0.25) is 5.91 Å². The van der Waals surface area contributed by atoms with E-state index in [1.54, 1.807) is 33.9 Å². The van der Waals surface area contributed by atoms with Gasteiger partial charge in [0, 0.05) is 11.7 Å². The lowest BCUT2D eigenvalue weighted by Crippen LogP contribution is -2.57. The molecule has 20 heavy (non-hydrogen) atoms. The summed E-state index contributed by atoms with van der Waals surface area (Å²) >= 11 is 0. The summed E-state index contributed by atoms with van der Waals surface area (Å²) in [7, 11) is 0. The zero-order chi connectivity index (χ0) is 15.6. The second-order valence-electron chi connectivity index (χ2n) is 6.05. The molecule has 0 radical (unpaired) electrons. The Kier molecular flexibility index (Phi) is 4.53. The van der Waals surface area contributed by atoms with E-state index in [0.717, 1.165) is 5.56 Å². The Morgan fingerprint density at radius 1 is 1.30 bits per heavy atom. The molecule has 0 bridgehead atoms. The number of hydrogen-bond donors (Lipinski definition) is 2. The van der Waals surface area contributed by atoms with Crippen molar-refractivity contribution in [3.8, 4) is 0 Å². The molecule has 0 saturated heterocycles. The molecular formula is C15H22N2O3. The van der Waals surface area contributed by atoms with E-state index in [2.05, 4.69) is 10.3 Å². The second kappa shape index (κ2) is 5.61. The van der Waals surface area contributed by atoms with Gasteiger partial charge in [0.1, 0.15) is 0 Å². The number of aliphatic carboxylic acids is 1. The lowest BCUT2D eigenvalue weighted by Gasteiger charge is -2.38. The van der Waals surface area contributed by atoms with Gasteiger partial charge in [0.05, 0.1) is 17.5 Å². The minimum atomic E-state index is -1.07. The monoisotopic (exact) mass is 278 g/mol. The van der Waals surface area contributed by atoms with Gasteiger partial charge in [-0.2, -0.15) is 0 Å². The van der Waals surface area contributed by atoms with Crippen LogP contribution < -0.4 is 5.32 Å². The summed E-state index contributed by atoms with van der Waals surface area (Å²) in [6.07, 6.45) is 1.79. The average molecular weight is 278 g/mol. The number of nitrogens with one attached hydrogen (secondary N) is 1. The van der Waals surface area contributed by atoms with E-state index < -0.39 is 16.9 Å². The number of hydrogen-bond acceptors (Lipinski definition) is 3. The van der Waals surface area contributed by atoms with Gasteiger partial charge in [-0.05, 0) is 46.2 Å². The van der Waals surface area contributed by atoms with E-state index in [1.807, 2.05) is 19.1 Å². The quantitative estimate of drug-likeness (QED) is 0.862. The van der Waals surface area contributed by atoms with Crippen LogP contribution in [0.3, 0.4) is 0 Å². The van der Waals surface area contributed by atoms with Gasteiger partial charge in [-0.15, -0.1) is 0 Å². The minimum absolute atomic E-state index is 0.145. The van der Waals surface area contributed by atoms with Crippen molar-refractivity contribution in [2.24, 2.45) is 5.41 Å². The molecule has 0 spiro atoms. The fourth-order valence-corrected chi connectivity index (χ4v) is 1.67. The molecule has 0 aromatic carbocycles. The third kappa shape index (κ3) is 3.35. The summed E-state index contributed by atoms with van der Waals surface area (Å²) in [6, 6.07) is 3.70. The van der Waals surface area contributed by atoms with E-state index in [1.165, 1.54) is 0 Å². The number of aryl methyl sites for hydroxylation is 1. The summed E-state index contributed by atoms with van der Waals surface area (Å²) in [6.45, 7) is 8.51. The number of amides is 1. The molecule has 2 N–H and O–H groups in total. The Bertz CT molecular complexity index is 522. The zero-order valence-corrected chi connectivity index (χ0v) is 12.7. The van der Waals surface area contributed by atoms with Crippen molar-refractivity contribution in [3.05, 3.63) is 29.6 Å². The number of carboxylic acids is 1. The van der Waals surface area contributed by atoms with Crippen molar-refractivity contribution < 1.29 is 14.7 Å². The smallest absolute Gasteiger partial charge is 0.311 e. The predicted octanol–water partition coefficient (Wildman–Crippen LogP) is 1.94. The highest BCUT2D eigenvalue weighted by atomic mass is 16.4. The molecule has 0 fully saturated rings. The van der Waals surface area contributed by atoms with Crippen LogP contribution in [0, 0.1) is 12.3 Å². The Labute approximate surface area is 119 Å². The first-order chi connectivity index (χ1) is 9.08. The molecule has 0 unspecified atom stereocenters. The lowest BCUT2D eigenvalue weighted by atomic mass is 9.74. The van der Waals surface area contributed by atoms with Crippen molar-refractivity contribution in [1.29, 1.82) is 0 Å². The number of carbonyl (C=O) groups excluding carboxylic acids is 1. The highest BCUT2D eigenvalue weighted by molar-refractivity contribution is 5.82. The first kappa shape index (κ1) is 16.1. The number of nitrogens with zero attached hydrogens (tertiary/aromatic N) is 1. The van der Waals surface area contributed by atoms with Crippen molar-refractivity contribution in [2.45, 2.75) is 46.6 Å². The average Bonchev–Trinajstić information content (AvgIpc) is 2.31. The molecule has 5 nitrogen and oxygen atoms in total. The molecule has 0 aliphatic carbocycles. The standard InChI is InChI=1S/C15H22N2O3/c1-10-7-6-8-16-11(10)9-12(18)17-15(4,5)14(2,3)13(19)20/h6-8H,9H2,1-5H3,(H,17,18)(H,19,20). The third-order valence-corrected chi connectivity index (χ3v) is 3.99. The number of pyridine rings is 1. The van der Waals surface area contributed by atoms with Gasteiger partial charge >= 0.3 is 5.97 Å². The maximum atomic E-state index is 12.1. The topological polar surface area (TPSA) is 79.3 Å². The van der Waals surface area contributed by atoms with Crippen LogP contribution >= 0.6 is 0 Å². The van der Waals surface area contributed by atoms with Gasteiger partial charge in [-0.25, -0.2) is 0 Å². The van der Waals surface area contributed by atoms with Crippen LogP contribution in [0.2, 0.25) is 0 Å². The third-order valence-electron chi connectivity index (χ3n) is 3.99. The van der Waals surface area contributed by atoms with Gasteiger partial charge in [-0.1, -0.05) is 6.07 Å². The summed E-state index contributed by atoms with van der Waals surface area (Å²) in [4.78, 5) is 27.6. The van der Waals surface area contributed by atoms with Crippen molar-refractivity contribution in [2.75, 3.05) is 0 Å². The van der Waals surface area contributed by atoms with Crippen molar-refractivity contribution >= 4 is 11.9 Å². The van der Waals surface area contributed by atoms with E-state index >= 15 is 0 Å². The van der Waals surface area contributed by atoms with Crippen LogP contribution in [0.5, 0.6) is 0 Å². The molecule has 1 heterocycles. The zero-order valence-electron chi connectivity index (χ0n) is 12.7. The lowest BCUT2D eigenvalue weighted by molar-refractivity contribution is -0.151. The Morgan fingerprint density at radius 3 is 2.40 bits per heavy atom. The summed E-state index contributed by atoms with van der Waals surface area (Å²) < 4.78 is 0. The molecule has 0 aliphatic heterocycles. The van der Waals surface area contributed by atoms with Crippen LogP contribution in [0.1, 0.15) is 39.0 Å². The van der Waals surface area contributed by atoms with E-state index in [9.17, 15) is 14.7 Å². The fourth-order valence-electron chi connectivity index (χ4n) is 1.67. The Hall–Kier alpha value is -1.91. The highest BCUT2D eigenvalue weighted by Gasteiger charge is 2.44. The molecule has 0 atom stereocenters.